The first-order valence-electron chi connectivity index (χ1n) is 6.20. The number of likely N-dealkylation sites (N-methyl/N-ethyl adjacent to an activating group) is 1. The number of aliphatic hydroxyl groups is 1. The average molecular weight is 248 g/mol. The SMILES string of the molecule is CCN(CCOCCO)Cc1cccc(C#N)c1. The van der Waals surface area contributed by atoms with Crippen LogP contribution in [0.25, 0.3) is 0 Å². The first-order chi connectivity index (χ1) is 8.80. The molecule has 0 amide bonds. The number of nitriles is 1. The van der Waals surface area contributed by atoms with Crippen LogP contribution in [0.5, 0.6) is 0 Å². The van der Waals surface area contributed by atoms with E-state index in [-0.39, 0.29) is 6.61 Å². The number of ether oxygens (including phenoxy) is 1. The van der Waals surface area contributed by atoms with E-state index in [4.69, 9.17) is 15.1 Å². The second-order valence-electron chi connectivity index (χ2n) is 4.02. The third kappa shape index (κ3) is 5.28. The van der Waals surface area contributed by atoms with Gasteiger partial charge < -0.3 is 9.84 Å². The minimum Gasteiger partial charge on any atom is -0.394 e. The van der Waals surface area contributed by atoms with Crippen LogP contribution < -0.4 is 0 Å². The van der Waals surface area contributed by atoms with E-state index < -0.39 is 0 Å². The summed E-state index contributed by atoms with van der Waals surface area (Å²) in [5, 5.41) is 17.5. The molecule has 1 rings (SSSR count). The maximum Gasteiger partial charge on any atom is 0.0991 e. The second-order valence-corrected chi connectivity index (χ2v) is 4.02. The zero-order valence-corrected chi connectivity index (χ0v) is 10.8. The molecule has 0 saturated carbocycles. The van der Waals surface area contributed by atoms with E-state index in [2.05, 4.69) is 17.9 Å². The monoisotopic (exact) mass is 248 g/mol. The average Bonchev–Trinajstić information content (AvgIpc) is 2.42. The molecule has 98 valence electrons. The van der Waals surface area contributed by atoms with Crippen LogP contribution in [0.2, 0.25) is 0 Å². The highest BCUT2D eigenvalue weighted by atomic mass is 16.5. The van der Waals surface area contributed by atoms with Crippen molar-refractivity contribution in [2.45, 2.75) is 13.5 Å². The van der Waals surface area contributed by atoms with E-state index >= 15 is 0 Å². The Morgan fingerprint density at radius 2 is 2.22 bits per heavy atom. The van der Waals surface area contributed by atoms with Gasteiger partial charge in [-0.3, -0.25) is 4.90 Å². The highest BCUT2D eigenvalue weighted by Crippen LogP contribution is 2.07. The molecule has 0 fully saturated rings. The fraction of sp³-hybridized carbons (Fsp3) is 0.500. The molecule has 0 aliphatic carbocycles. The van der Waals surface area contributed by atoms with E-state index in [1.54, 1.807) is 0 Å². The predicted molar refractivity (Wildman–Crippen MR) is 70.0 cm³/mol. The topological polar surface area (TPSA) is 56.5 Å². The highest BCUT2D eigenvalue weighted by Gasteiger charge is 2.04. The standard InChI is InChI=1S/C14H20N2O2/c1-2-16(6-8-18-9-7-17)12-14-5-3-4-13(10-14)11-15/h3-5,10,17H,2,6-9,12H2,1H3. The fourth-order valence-corrected chi connectivity index (χ4v) is 1.71. The summed E-state index contributed by atoms with van der Waals surface area (Å²) in [7, 11) is 0. The van der Waals surface area contributed by atoms with Crippen molar-refractivity contribution in [1.29, 1.82) is 5.26 Å². The summed E-state index contributed by atoms with van der Waals surface area (Å²) in [6.45, 7) is 5.74. The number of hydrogen-bond acceptors (Lipinski definition) is 4. The number of benzene rings is 1. The smallest absolute Gasteiger partial charge is 0.0991 e. The summed E-state index contributed by atoms with van der Waals surface area (Å²) in [6, 6.07) is 9.80. The van der Waals surface area contributed by atoms with Gasteiger partial charge in [0.15, 0.2) is 0 Å². The van der Waals surface area contributed by atoms with Crippen molar-refractivity contribution in [3.63, 3.8) is 0 Å². The van der Waals surface area contributed by atoms with Crippen molar-refractivity contribution in [2.75, 3.05) is 32.9 Å². The minimum atomic E-state index is 0.0658. The summed E-state index contributed by atoms with van der Waals surface area (Å²) in [5.74, 6) is 0. The molecule has 0 radical (unpaired) electrons. The predicted octanol–water partition coefficient (Wildman–Crippen LogP) is 1.39. The first-order valence-corrected chi connectivity index (χ1v) is 6.20. The molecule has 0 heterocycles. The van der Waals surface area contributed by atoms with Gasteiger partial charge in [0.2, 0.25) is 0 Å². The van der Waals surface area contributed by atoms with Crippen molar-refractivity contribution in [1.82, 2.24) is 4.90 Å². The number of rotatable bonds is 8. The zero-order valence-electron chi connectivity index (χ0n) is 10.8. The lowest BCUT2D eigenvalue weighted by Gasteiger charge is -2.20. The van der Waals surface area contributed by atoms with Crippen LogP contribution in [-0.4, -0.2) is 42.9 Å². The van der Waals surface area contributed by atoms with Gasteiger partial charge in [-0.2, -0.15) is 5.26 Å². The summed E-state index contributed by atoms with van der Waals surface area (Å²) in [6.07, 6.45) is 0. The molecule has 18 heavy (non-hydrogen) atoms. The lowest BCUT2D eigenvalue weighted by Crippen LogP contribution is -2.27. The van der Waals surface area contributed by atoms with Gasteiger partial charge in [-0.1, -0.05) is 19.1 Å². The Kier molecular flexibility index (Phi) is 7.04. The summed E-state index contributed by atoms with van der Waals surface area (Å²) in [4.78, 5) is 2.24. The molecule has 4 nitrogen and oxygen atoms in total. The quantitative estimate of drug-likeness (QED) is 0.706. The van der Waals surface area contributed by atoms with Crippen molar-refractivity contribution < 1.29 is 9.84 Å². The molecule has 0 bridgehead atoms. The van der Waals surface area contributed by atoms with E-state index in [0.717, 1.165) is 25.2 Å². The van der Waals surface area contributed by atoms with Crippen LogP contribution in [0.3, 0.4) is 0 Å². The third-order valence-corrected chi connectivity index (χ3v) is 2.70. The lowest BCUT2D eigenvalue weighted by molar-refractivity contribution is 0.0732. The van der Waals surface area contributed by atoms with E-state index in [1.165, 1.54) is 0 Å². The third-order valence-electron chi connectivity index (χ3n) is 2.70. The number of nitrogens with zero attached hydrogens (tertiary/aromatic N) is 2. The second kappa shape index (κ2) is 8.65. The highest BCUT2D eigenvalue weighted by molar-refractivity contribution is 5.32. The molecule has 4 heteroatoms. The van der Waals surface area contributed by atoms with Crippen LogP contribution in [-0.2, 0) is 11.3 Å². The van der Waals surface area contributed by atoms with Crippen molar-refractivity contribution in [2.24, 2.45) is 0 Å². The van der Waals surface area contributed by atoms with Crippen molar-refractivity contribution >= 4 is 0 Å². The van der Waals surface area contributed by atoms with Gasteiger partial charge in [-0.25, -0.2) is 0 Å². The van der Waals surface area contributed by atoms with Gasteiger partial charge >= 0.3 is 0 Å². The van der Waals surface area contributed by atoms with Crippen LogP contribution in [0.1, 0.15) is 18.1 Å². The van der Waals surface area contributed by atoms with Crippen LogP contribution in [0, 0.1) is 11.3 Å². The number of aliphatic hydroxyl groups excluding tert-OH is 1. The molecule has 0 aliphatic rings. The molecule has 0 aromatic heterocycles. The van der Waals surface area contributed by atoms with Crippen molar-refractivity contribution in [3.05, 3.63) is 35.4 Å². The maximum atomic E-state index is 8.85. The fourth-order valence-electron chi connectivity index (χ4n) is 1.71. The van der Waals surface area contributed by atoms with Crippen LogP contribution >= 0.6 is 0 Å². The molecule has 0 spiro atoms. The zero-order chi connectivity index (χ0) is 13.2. The van der Waals surface area contributed by atoms with Gasteiger partial charge in [0.1, 0.15) is 0 Å². The summed E-state index contributed by atoms with van der Waals surface area (Å²) in [5.41, 5.74) is 1.83. The van der Waals surface area contributed by atoms with Gasteiger partial charge in [0.05, 0.1) is 31.5 Å². The largest absolute Gasteiger partial charge is 0.394 e. The Hall–Kier alpha value is -1.41. The molecule has 0 atom stereocenters. The van der Waals surface area contributed by atoms with Gasteiger partial charge in [-0.15, -0.1) is 0 Å². The molecule has 0 unspecified atom stereocenters. The van der Waals surface area contributed by atoms with Crippen molar-refractivity contribution in [3.8, 4) is 6.07 Å². The van der Waals surface area contributed by atoms with Crippen LogP contribution in [0.15, 0.2) is 24.3 Å². The molecule has 0 saturated heterocycles. The summed E-state index contributed by atoms with van der Waals surface area (Å²) >= 11 is 0. The molecular weight excluding hydrogens is 228 g/mol. The lowest BCUT2D eigenvalue weighted by atomic mass is 10.1. The van der Waals surface area contributed by atoms with Gasteiger partial charge in [-0.05, 0) is 24.2 Å². The molecule has 1 aromatic carbocycles. The Morgan fingerprint density at radius 3 is 2.89 bits per heavy atom. The van der Waals surface area contributed by atoms with E-state index in [1.807, 2.05) is 24.3 Å². The molecule has 1 N–H and O–H groups in total. The van der Waals surface area contributed by atoms with E-state index in [9.17, 15) is 0 Å². The van der Waals surface area contributed by atoms with Gasteiger partial charge in [0, 0.05) is 13.1 Å². The van der Waals surface area contributed by atoms with Crippen LogP contribution in [0.4, 0.5) is 0 Å². The Bertz CT molecular complexity index is 388. The minimum absolute atomic E-state index is 0.0658. The molecule has 0 aliphatic heterocycles. The molecule has 1 aromatic rings. The van der Waals surface area contributed by atoms with E-state index in [0.29, 0.717) is 18.8 Å². The first kappa shape index (κ1) is 14.7. The maximum absolute atomic E-state index is 8.85. The Balaban J connectivity index is 2.44. The number of hydrogen-bond donors (Lipinski definition) is 1. The normalized spacial score (nSPS) is 10.6. The Labute approximate surface area is 108 Å². The van der Waals surface area contributed by atoms with Gasteiger partial charge in [0.25, 0.3) is 0 Å². The summed E-state index contributed by atoms with van der Waals surface area (Å²) < 4.78 is 5.25. The Morgan fingerprint density at radius 1 is 1.39 bits per heavy atom. The molecular formula is C14H20N2O2.